The fourth-order valence-electron chi connectivity index (χ4n) is 2.09. The number of amidine groups is 1. The third-order valence-electron chi connectivity index (χ3n) is 3.02. The van der Waals surface area contributed by atoms with E-state index < -0.39 is 12.0 Å². The van der Waals surface area contributed by atoms with Gasteiger partial charge in [-0.25, -0.2) is 13.8 Å². The van der Waals surface area contributed by atoms with Gasteiger partial charge in [-0.05, 0) is 29.8 Å². The Labute approximate surface area is 108 Å². The SMILES string of the molecule is NC1=N[C@H](c2ccc(F)cc2)Nc2cccc(F)c21. The molecule has 1 atom stereocenters. The van der Waals surface area contributed by atoms with Gasteiger partial charge < -0.3 is 11.1 Å². The van der Waals surface area contributed by atoms with Crippen LogP contribution in [0.1, 0.15) is 17.3 Å². The van der Waals surface area contributed by atoms with E-state index in [1.807, 2.05) is 0 Å². The molecule has 1 heterocycles. The van der Waals surface area contributed by atoms with Crippen molar-refractivity contribution in [3.05, 3.63) is 65.2 Å². The quantitative estimate of drug-likeness (QED) is 0.827. The van der Waals surface area contributed by atoms with Gasteiger partial charge in [0.1, 0.15) is 23.6 Å². The molecule has 2 aromatic carbocycles. The molecule has 0 bridgehead atoms. The second kappa shape index (κ2) is 4.35. The normalized spacial score (nSPS) is 17.4. The van der Waals surface area contributed by atoms with Crippen LogP contribution in [-0.4, -0.2) is 5.84 Å². The van der Waals surface area contributed by atoms with E-state index in [1.54, 1.807) is 24.3 Å². The Bertz CT molecular complexity index is 650. The molecule has 0 saturated carbocycles. The average molecular weight is 259 g/mol. The van der Waals surface area contributed by atoms with Gasteiger partial charge in [0.25, 0.3) is 0 Å². The summed E-state index contributed by atoms with van der Waals surface area (Å²) in [6, 6.07) is 10.6. The number of anilines is 1. The van der Waals surface area contributed by atoms with Crippen molar-refractivity contribution >= 4 is 11.5 Å². The van der Waals surface area contributed by atoms with E-state index in [2.05, 4.69) is 10.3 Å². The minimum absolute atomic E-state index is 0.140. The van der Waals surface area contributed by atoms with Crippen molar-refractivity contribution in [3.8, 4) is 0 Å². The molecule has 96 valence electrons. The van der Waals surface area contributed by atoms with Gasteiger partial charge in [0, 0.05) is 5.69 Å². The molecule has 3 rings (SSSR count). The number of hydrogen-bond acceptors (Lipinski definition) is 3. The Morgan fingerprint density at radius 2 is 1.79 bits per heavy atom. The predicted octanol–water partition coefficient (Wildman–Crippen LogP) is 2.79. The summed E-state index contributed by atoms with van der Waals surface area (Å²) in [6.07, 6.45) is -0.435. The summed E-state index contributed by atoms with van der Waals surface area (Å²) in [5.74, 6) is -0.590. The average Bonchev–Trinajstić information content (AvgIpc) is 2.39. The van der Waals surface area contributed by atoms with Crippen LogP contribution in [0.5, 0.6) is 0 Å². The Morgan fingerprint density at radius 3 is 2.53 bits per heavy atom. The number of nitrogens with zero attached hydrogens (tertiary/aromatic N) is 1. The van der Waals surface area contributed by atoms with E-state index in [4.69, 9.17) is 5.73 Å². The molecule has 0 spiro atoms. The van der Waals surface area contributed by atoms with E-state index in [-0.39, 0.29) is 17.2 Å². The Kier molecular flexibility index (Phi) is 2.67. The molecule has 0 aromatic heterocycles. The Morgan fingerprint density at radius 1 is 1.05 bits per heavy atom. The number of benzene rings is 2. The lowest BCUT2D eigenvalue weighted by Gasteiger charge is -2.24. The highest BCUT2D eigenvalue weighted by Gasteiger charge is 2.22. The summed E-state index contributed by atoms with van der Waals surface area (Å²) >= 11 is 0. The number of halogens is 2. The molecule has 0 fully saturated rings. The lowest BCUT2D eigenvalue weighted by atomic mass is 10.1. The maximum absolute atomic E-state index is 13.7. The minimum Gasteiger partial charge on any atom is -0.383 e. The largest absolute Gasteiger partial charge is 0.383 e. The Hall–Kier alpha value is -2.43. The number of hydrogen-bond donors (Lipinski definition) is 2. The van der Waals surface area contributed by atoms with Crippen LogP contribution in [0.25, 0.3) is 0 Å². The monoisotopic (exact) mass is 259 g/mol. The van der Waals surface area contributed by atoms with Gasteiger partial charge in [-0.1, -0.05) is 18.2 Å². The highest BCUT2D eigenvalue weighted by molar-refractivity contribution is 6.04. The van der Waals surface area contributed by atoms with Gasteiger partial charge in [0.15, 0.2) is 0 Å². The van der Waals surface area contributed by atoms with Crippen LogP contribution in [0.2, 0.25) is 0 Å². The van der Waals surface area contributed by atoms with Gasteiger partial charge in [0.05, 0.1) is 5.56 Å². The van der Waals surface area contributed by atoms with Crippen molar-refractivity contribution in [2.75, 3.05) is 5.32 Å². The van der Waals surface area contributed by atoms with Crippen molar-refractivity contribution in [3.63, 3.8) is 0 Å². The van der Waals surface area contributed by atoms with E-state index in [0.29, 0.717) is 5.69 Å². The summed E-state index contributed by atoms with van der Waals surface area (Å²) in [5, 5.41) is 3.07. The van der Waals surface area contributed by atoms with E-state index in [1.165, 1.54) is 18.2 Å². The second-order valence-corrected chi connectivity index (χ2v) is 4.28. The smallest absolute Gasteiger partial charge is 0.147 e. The van der Waals surface area contributed by atoms with Crippen LogP contribution in [0.4, 0.5) is 14.5 Å². The van der Waals surface area contributed by atoms with Crippen molar-refractivity contribution in [1.82, 2.24) is 0 Å². The topological polar surface area (TPSA) is 50.4 Å². The summed E-state index contributed by atoms with van der Waals surface area (Å²) in [5.41, 5.74) is 7.43. The van der Waals surface area contributed by atoms with E-state index in [0.717, 1.165) is 5.56 Å². The molecular weight excluding hydrogens is 248 g/mol. The van der Waals surface area contributed by atoms with Crippen molar-refractivity contribution in [2.24, 2.45) is 10.7 Å². The summed E-state index contributed by atoms with van der Waals surface area (Å²) in [4.78, 5) is 4.21. The zero-order valence-electron chi connectivity index (χ0n) is 9.90. The highest BCUT2D eigenvalue weighted by Crippen LogP contribution is 2.30. The number of fused-ring (bicyclic) bond motifs is 1. The molecule has 0 unspecified atom stereocenters. The van der Waals surface area contributed by atoms with Crippen LogP contribution >= 0.6 is 0 Å². The zero-order valence-corrected chi connectivity index (χ0v) is 9.90. The molecule has 0 radical (unpaired) electrons. The van der Waals surface area contributed by atoms with E-state index >= 15 is 0 Å². The zero-order chi connectivity index (χ0) is 13.4. The summed E-state index contributed by atoms with van der Waals surface area (Å²) in [6.45, 7) is 0. The van der Waals surface area contributed by atoms with Gasteiger partial charge >= 0.3 is 0 Å². The molecule has 0 amide bonds. The van der Waals surface area contributed by atoms with Crippen LogP contribution in [-0.2, 0) is 0 Å². The number of rotatable bonds is 1. The van der Waals surface area contributed by atoms with Crippen molar-refractivity contribution < 1.29 is 8.78 Å². The van der Waals surface area contributed by atoms with Gasteiger partial charge in [-0.3, -0.25) is 0 Å². The first-order chi connectivity index (χ1) is 9.15. The maximum atomic E-state index is 13.7. The molecule has 0 saturated heterocycles. The van der Waals surface area contributed by atoms with E-state index in [9.17, 15) is 8.78 Å². The first-order valence-corrected chi connectivity index (χ1v) is 5.79. The Balaban J connectivity index is 2.02. The summed E-state index contributed by atoms with van der Waals surface area (Å²) in [7, 11) is 0. The molecular formula is C14H11F2N3. The number of nitrogens with one attached hydrogen (secondary N) is 1. The predicted molar refractivity (Wildman–Crippen MR) is 69.9 cm³/mol. The molecule has 3 nitrogen and oxygen atoms in total. The van der Waals surface area contributed by atoms with Gasteiger partial charge in [-0.15, -0.1) is 0 Å². The highest BCUT2D eigenvalue weighted by atomic mass is 19.1. The van der Waals surface area contributed by atoms with Crippen LogP contribution in [0.15, 0.2) is 47.5 Å². The number of aliphatic imine (C=N–C) groups is 1. The first-order valence-electron chi connectivity index (χ1n) is 5.79. The standard InChI is InChI=1S/C14H11F2N3/c15-9-6-4-8(5-7-9)14-18-11-3-1-2-10(16)12(11)13(17)19-14/h1-7,14,18H,(H2,17,19)/t14-/m1/s1. The molecule has 1 aliphatic rings. The second-order valence-electron chi connectivity index (χ2n) is 4.28. The fourth-order valence-corrected chi connectivity index (χ4v) is 2.09. The lowest BCUT2D eigenvalue weighted by molar-refractivity contribution is 0.622. The van der Waals surface area contributed by atoms with Gasteiger partial charge in [0.2, 0.25) is 0 Å². The maximum Gasteiger partial charge on any atom is 0.147 e. The molecule has 19 heavy (non-hydrogen) atoms. The van der Waals surface area contributed by atoms with Crippen LogP contribution < -0.4 is 11.1 Å². The van der Waals surface area contributed by atoms with Crippen LogP contribution in [0.3, 0.4) is 0 Å². The molecule has 2 aromatic rings. The molecule has 0 aliphatic carbocycles. The van der Waals surface area contributed by atoms with Crippen molar-refractivity contribution in [2.45, 2.75) is 6.17 Å². The molecule has 5 heteroatoms. The molecule has 1 aliphatic heterocycles. The number of nitrogens with two attached hydrogens (primary N) is 1. The van der Waals surface area contributed by atoms with Gasteiger partial charge in [-0.2, -0.15) is 0 Å². The third kappa shape index (κ3) is 2.03. The van der Waals surface area contributed by atoms with Crippen LogP contribution in [0, 0.1) is 11.6 Å². The minimum atomic E-state index is -0.435. The first kappa shape index (κ1) is 11.6. The third-order valence-corrected chi connectivity index (χ3v) is 3.02. The molecule has 3 N–H and O–H groups in total. The summed E-state index contributed by atoms with van der Waals surface area (Å²) < 4.78 is 26.5. The van der Waals surface area contributed by atoms with Crippen molar-refractivity contribution in [1.29, 1.82) is 0 Å². The lowest BCUT2D eigenvalue weighted by Crippen LogP contribution is -2.26. The fraction of sp³-hybridized carbons (Fsp3) is 0.0714.